The summed E-state index contributed by atoms with van der Waals surface area (Å²) in [5.74, 6) is 0.288. The number of aromatic hydroxyl groups is 1. The molecule has 0 aromatic heterocycles. The molecule has 1 heterocycles. The Kier molecular flexibility index (Phi) is 9.51. The standard InChI is InChI=1S/C14H19BrN2O.2ClH/c1-2-3-13(17-8-6-16-7-9-17)11-4-5-14(18)12(15)10-11;;/h2,4-5,10,13,16,18H,1,3,6-9H2;2*1H/t13-;;/m0../s1. The third kappa shape index (κ3) is 4.93. The first-order chi connectivity index (χ1) is 8.72. The minimum Gasteiger partial charge on any atom is -0.507 e. The Morgan fingerprint density at radius 1 is 1.35 bits per heavy atom. The van der Waals surface area contributed by atoms with Crippen molar-refractivity contribution < 1.29 is 5.11 Å². The molecule has 2 N–H and O–H groups in total. The van der Waals surface area contributed by atoms with Gasteiger partial charge in [0.05, 0.1) is 4.47 Å². The predicted molar refractivity (Wildman–Crippen MR) is 92.3 cm³/mol. The number of nitrogens with zero attached hydrogens (tertiary/aromatic N) is 1. The van der Waals surface area contributed by atoms with Crippen LogP contribution in [0.25, 0.3) is 0 Å². The van der Waals surface area contributed by atoms with Crippen molar-refractivity contribution in [1.29, 1.82) is 0 Å². The normalized spacial score (nSPS) is 16.6. The fourth-order valence-electron chi connectivity index (χ4n) is 2.38. The van der Waals surface area contributed by atoms with Gasteiger partial charge in [-0.2, -0.15) is 0 Å². The number of hydrogen-bond donors (Lipinski definition) is 2. The molecule has 1 atom stereocenters. The summed E-state index contributed by atoms with van der Waals surface area (Å²) in [7, 11) is 0. The molecule has 0 amide bonds. The van der Waals surface area contributed by atoms with Gasteiger partial charge in [0.1, 0.15) is 5.75 Å². The Bertz CT molecular complexity index is 426. The molecule has 1 fully saturated rings. The Morgan fingerprint density at radius 2 is 2.00 bits per heavy atom. The third-order valence-electron chi connectivity index (χ3n) is 3.34. The maximum atomic E-state index is 9.58. The molecule has 20 heavy (non-hydrogen) atoms. The van der Waals surface area contributed by atoms with Gasteiger partial charge in [0.15, 0.2) is 0 Å². The molecule has 3 nitrogen and oxygen atoms in total. The Hall–Kier alpha value is -0.260. The third-order valence-corrected chi connectivity index (χ3v) is 3.97. The average molecular weight is 384 g/mol. The van der Waals surface area contributed by atoms with Crippen molar-refractivity contribution in [3.8, 4) is 5.75 Å². The number of benzene rings is 1. The number of piperazine rings is 1. The van der Waals surface area contributed by atoms with Crippen molar-refractivity contribution in [3.05, 3.63) is 40.9 Å². The van der Waals surface area contributed by atoms with Gasteiger partial charge in [-0.05, 0) is 40.0 Å². The van der Waals surface area contributed by atoms with E-state index >= 15 is 0 Å². The van der Waals surface area contributed by atoms with E-state index in [9.17, 15) is 5.11 Å². The van der Waals surface area contributed by atoms with Crippen LogP contribution in [0.1, 0.15) is 18.0 Å². The molecular weight excluding hydrogens is 363 g/mol. The van der Waals surface area contributed by atoms with Crippen molar-refractivity contribution in [3.63, 3.8) is 0 Å². The zero-order chi connectivity index (χ0) is 13.0. The SMILES string of the molecule is C=CC[C@@H](c1ccc(O)c(Br)c1)N1CCNCC1.Cl.Cl. The van der Waals surface area contributed by atoms with Gasteiger partial charge in [0.2, 0.25) is 0 Å². The van der Waals surface area contributed by atoms with Crippen LogP contribution in [0.4, 0.5) is 0 Å². The van der Waals surface area contributed by atoms with E-state index in [4.69, 9.17) is 0 Å². The van der Waals surface area contributed by atoms with Gasteiger partial charge >= 0.3 is 0 Å². The fourth-order valence-corrected chi connectivity index (χ4v) is 2.77. The molecule has 0 spiro atoms. The second-order valence-electron chi connectivity index (χ2n) is 4.54. The zero-order valence-electron chi connectivity index (χ0n) is 11.2. The van der Waals surface area contributed by atoms with E-state index in [-0.39, 0.29) is 30.6 Å². The van der Waals surface area contributed by atoms with Crippen LogP contribution in [-0.2, 0) is 0 Å². The van der Waals surface area contributed by atoms with Crippen molar-refractivity contribution in [2.24, 2.45) is 0 Å². The van der Waals surface area contributed by atoms with E-state index in [2.05, 4.69) is 32.7 Å². The molecule has 0 bridgehead atoms. The quantitative estimate of drug-likeness (QED) is 0.780. The predicted octanol–water partition coefficient (Wildman–Crippen LogP) is 3.52. The van der Waals surface area contributed by atoms with E-state index < -0.39 is 0 Å². The summed E-state index contributed by atoms with van der Waals surface area (Å²) in [5, 5.41) is 12.9. The van der Waals surface area contributed by atoms with E-state index in [1.54, 1.807) is 6.07 Å². The van der Waals surface area contributed by atoms with Gasteiger partial charge in [-0.15, -0.1) is 31.4 Å². The molecule has 1 aliphatic heterocycles. The summed E-state index contributed by atoms with van der Waals surface area (Å²) in [4.78, 5) is 2.47. The summed E-state index contributed by atoms with van der Waals surface area (Å²) >= 11 is 3.38. The van der Waals surface area contributed by atoms with Gasteiger partial charge < -0.3 is 10.4 Å². The minimum atomic E-state index is 0. The smallest absolute Gasteiger partial charge is 0.129 e. The topological polar surface area (TPSA) is 35.5 Å². The van der Waals surface area contributed by atoms with Crippen LogP contribution < -0.4 is 5.32 Å². The Morgan fingerprint density at radius 3 is 2.55 bits per heavy atom. The lowest BCUT2D eigenvalue weighted by Gasteiger charge is -2.35. The molecule has 2 rings (SSSR count). The van der Waals surface area contributed by atoms with Gasteiger partial charge in [0, 0.05) is 32.2 Å². The van der Waals surface area contributed by atoms with E-state index in [1.165, 1.54) is 5.56 Å². The first-order valence-corrected chi connectivity index (χ1v) is 7.05. The number of phenols is 1. The average Bonchev–Trinajstić information content (AvgIpc) is 2.40. The molecule has 1 aromatic carbocycles. The first kappa shape index (κ1) is 19.7. The summed E-state index contributed by atoms with van der Waals surface area (Å²) in [5.41, 5.74) is 1.22. The molecule has 1 saturated heterocycles. The lowest BCUT2D eigenvalue weighted by Crippen LogP contribution is -2.45. The fraction of sp³-hybridized carbons (Fsp3) is 0.429. The first-order valence-electron chi connectivity index (χ1n) is 6.26. The van der Waals surface area contributed by atoms with Crippen molar-refractivity contribution >= 4 is 40.7 Å². The summed E-state index contributed by atoms with van der Waals surface area (Å²) in [6.07, 6.45) is 2.89. The van der Waals surface area contributed by atoms with Crippen LogP contribution in [0.2, 0.25) is 0 Å². The zero-order valence-corrected chi connectivity index (χ0v) is 14.4. The highest BCUT2D eigenvalue weighted by atomic mass is 79.9. The molecule has 0 radical (unpaired) electrons. The Labute approximate surface area is 141 Å². The second kappa shape index (κ2) is 9.64. The van der Waals surface area contributed by atoms with Gasteiger partial charge in [0.25, 0.3) is 0 Å². The monoisotopic (exact) mass is 382 g/mol. The van der Waals surface area contributed by atoms with Crippen molar-refractivity contribution in [1.82, 2.24) is 10.2 Å². The number of halogens is 3. The summed E-state index contributed by atoms with van der Waals surface area (Å²) in [6.45, 7) is 8.03. The van der Waals surface area contributed by atoms with Crippen LogP contribution >= 0.6 is 40.7 Å². The molecule has 1 aromatic rings. The maximum Gasteiger partial charge on any atom is 0.129 e. The lowest BCUT2D eigenvalue weighted by molar-refractivity contribution is 0.174. The van der Waals surface area contributed by atoms with Gasteiger partial charge in [-0.25, -0.2) is 0 Å². The van der Waals surface area contributed by atoms with Crippen molar-refractivity contribution in [2.45, 2.75) is 12.5 Å². The second-order valence-corrected chi connectivity index (χ2v) is 5.39. The van der Waals surface area contributed by atoms with Crippen LogP contribution in [0.3, 0.4) is 0 Å². The lowest BCUT2D eigenvalue weighted by atomic mass is 10.0. The molecule has 6 heteroatoms. The largest absolute Gasteiger partial charge is 0.507 e. The van der Waals surface area contributed by atoms with Crippen LogP contribution in [0, 0.1) is 0 Å². The highest BCUT2D eigenvalue weighted by Crippen LogP contribution is 2.31. The van der Waals surface area contributed by atoms with Crippen molar-refractivity contribution in [2.75, 3.05) is 26.2 Å². The van der Waals surface area contributed by atoms with E-state index in [0.717, 1.165) is 37.1 Å². The minimum absolute atomic E-state index is 0. The maximum absolute atomic E-state index is 9.58. The number of hydrogen-bond acceptors (Lipinski definition) is 3. The van der Waals surface area contributed by atoms with E-state index in [0.29, 0.717) is 6.04 Å². The molecule has 114 valence electrons. The molecule has 0 unspecified atom stereocenters. The molecule has 0 saturated carbocycles. The number of nitrogens with one attached hydrogen (secondary N) is 1. The van der Waals surface area contributed by atoms with E-state index in [1.807, 2.05) is 18.2 Å². The summed E-state index contributed by atoms with van der Waals surface area (Å²) < 4.78 is 0.754. The van der Waals surface area contributed by atoms with Crippen LogP contribution in [-0.4, -0.2) is 36.2 Å². The Balaban J connectivity index is 0.00000180. The molecule has 0 aliphatic carbocycles. The molecule has 1 aliphatic rings. The highest BCUT2D eigenvalue weighted by molar-refractivity contribution is 9.10. The molecular formula is C14H21BrCl2N2O. The highest BCUT2D eigenvalue weighted by Gasteiger charge is 2.21. The van der Waals surface area contributed by atoms with Gasteiger partial charge in [-0.3, -0.25) is 4.90 Å². The number of rotatable bonds is 4. The van der Waals surface area contributed by atoms with Crippen LogP contribution in [0.15, 0.2) is 35.3 Å². The number of phenolic OH excluding ortho intramolecular Hbond substituents is 1. The van der Waals surface area contributed by atoms with Crippen LogP contribution in [0.5, 0.6) is 5.75 Å². The summed E-state index contributed by atoms with van der Waals surface area (Å²) in [6, 6.07) is 6.10. The van der Waals surface area contributed by atoms with Gasteiger partial charge in [-0.1, -0.05) is 12.1 Å².